The Labute approximate surface area is 163 Å². The number of amides is 1. The number of nitro groups is 1. The number of carbonyl (C=O) groups is 1. The molecule has 0 spiro atoms. The van der Waals surface area contributed by atoms with Crippen molar-refractivity contribution >= 4 is 39.3 Å². The second-order valence-electron chi connectivity index (χ2n) is 5.21. The van der Waals surface area contributed by atoms with Crippen LogP contribution in [-0.4, -0.2) is 22.5 Å². The van der Waals surface area contributed by atoms with E-state index in [2.05, 4.69) is 21.2 Å². The van der Waals surface area contributed by atoms with Gasteiger partial charge in [0.05, 0.1) is 11.5 Å². The summed E-state index contributed by atoms with van der Waals surface area (Å²) in [7, 11) is 0. The second kappa shape index (κ2) is 8.82. The van der Waals surface area contributed by atoms with E-state index in [1.165, 1.54) is 42.5 Å². The van der Waals surface area contributed by atoms with Crippen LogP contribution >= 0.6 is 15.9 Å². The number of non-ortho nitro benzene ring substituents is 1. The quantitative estimate of drug-likeness (QED) is 0.308. The van der Waals surface area contributed by atoms with Crippen LogP contribution in [0.3, 0.4) is 0 Å². The molecule has 0 unspecified atom stereocenters. The number of carbonyl (C=O) groups excluding carboxylic acids is 1. The number of aromatic hydroxyl groups is 1. The number of phenolic OH excluding ortho intramolecular Hbond substituents is 1. The van der Waals surface area contributed by atoms with E-state index < -0.39 is 10.8 Å². The third-order valence-corrected chi connectivity index (χ3v) is 4.04. The molecule has 2 N–H and O–H groups in total. The van der Waals surface area contributed by atoms with Gasteiger partial charge in [-0.3, -0.25) is 14.9 Å². The molecule has 0 radical (unpaired) electrons. The summed E-state index contributed by atoms with van der Waals surface area (Å²) < 4.78 is 5.75. The standard InChI is InChI=1S/C18H14BrN3O5/c1-2-27-17-7-11(15(19)9-16(17)23)6-12(10-20)18(24)21-13-4-3-5-14(8-13)22(25)26/h3-9,23H,2H2,1H3,(H,21,24)/b12-6+. The van der Waals surface area contributed by atoms with Crippen LogP contribution < -0.4 is 10.1 Å². The Morgan fingerprint density at radius 1 is 1.44 bits per heavy atom. The molecule has 27 heavy (non-hydrogen) atoms. The van der Waals surface area contributed by atoms with Gasteiger partial charge in [-0.05, 0) is 36.8 Å². The number of nitrogens with one attached hydrogen (secondary N) is 1. The van der Waals surface area contributed by atoms with E-state index in [9.17, 15) is 25.3 Å². The fraction of sp³-hybridized carbons (Fsp3) is 0.111. The highest BCUT2D eigenvalue weighted by atomic mass is 79.9. The molecule has 0 saturated heterocycles. The number of anilines is 1. The first-order valence-electron chi connectivity index (χ1n) is 7.68. The van der Waals surface area contributed by atoms with Crippen molar-refractivity contribution in [1.82, 2.24) is 0 Å². The van der Waals surface area contributed by atoms with Gasteiger partial charge in [0, 0.05) is 22.3 Å². The van der Waals surface area contributed by atoms with Crippen molar-refractivity contribution < 1.29 is 19.6 Å². The molecule has 2 aromatic rings. The van der Waals surface area contributed by atoms with Gasteiger partial charge in [-0.25, -0.2) is 0 Å². The zero-order valence-corrected chi connectivity index (χ0v) is 15.7. The second-order valence-corrected chi connectivity index (χ2v) is 6.06. The van der Waals surface area contributed by atoms with Gasteiger partial charge >= 0.3 is 0 Å². The third kappa shape index (κ3) is 5.05. The van der Waals surface area contributed by atoms with Crippen molar-refractivity contribution in [1.29, 1.82) is 5.26 Å². The van der Waals surface area contributed by atoms with Crippen LogP contribution in [0.1, 0.15) is 12.5 Å². The average molecular weight is 432 g/mol. The number of hydrogen-bond donors (Lipinski definition) is 2. The van der Waals surface area contributed by atoms with E-state index >= 15 is 0 Å². The lowest BCUT2D eigenvalue weighted by Crippen LogP contribution is -2.13. The summed E-state index contributed by atoms with van der Waals surface area (Å²) in [4.78, 5) is 22.6. The number of phenols is 1. The Balaban J connectivity index is 2.32. The van der Waals surface area contributed by atoms with Crippen molar-refractivity contribution in [3.63, 3.8) is 0 Å². The number of hydrogen-bond acceptors (Lipinski definition) is 6. The van der Waals surface area contributed by atoms with Gasteiger partial charge in [0.15, 0.2) is 11.5 Å². The Morgan fingerprint density at radius 3 is 2.81 bits per heavy atom. The molecule has 9 heteroatoms. The van der Waals surface area contributed by atoms with Crippen molar-refractivity contribution in [2.24, 2.45) is 0 Å². The third-order valence-electron chi connectivity index (χ3n) is 3.36. The minimum absolute atomic E-state index is 0.0829. The summed E-state index contributed by atoms with van der Waals surface area (Å²) >= 11 is 3.26. The topological polar surface area (TPSA) is 125 Å². The van der Waals surface area contributed by atoms with Crippen molar-refractivity contribution in [3.05, 3.63) is 62.1 Å². The predicted molar refractivity (Wildman–Crippen MR) is 102 cm³/mol. The first-order chi connectivity index (χ1) is 12.8. The summed E-state index contributed by atoms with van der Waals surface area (Å²) in [6.07, 6.45) is 1.32. The molecule has 138 valence electrons. The van der Waals surface area contributed by atoms with Gasteiger partial charge in [0.1, 0.15) is 11.6 Å². The summed E-state index contributed by atoms with van der Waals surface area (Å²) in [6.45, 7) is 2.08. The molecule has 0 saturated carbocycles. The summed E-state index contributed by atoms with van der Waals surface area (Å²) in [5.41, 5.74) is 0.227. The smallest absolute Gasteiger partial charge is 0.271 e. The molecule has 0 aliphatic carbocycles. The summed E-state index contributed by atoms with van der Waals surface area (Å²) in [6, 6.07) is 10.1. The van der Waals surface area contributed by atoms with E-state index in [4.69, 9.17) is 4.74 Å². The lowest BCUT2D eigenvalue weighted by molar-refractivity contribution is -0.384. The minimum Gasteiger partial charge on any atom is -0.504 e. The van der Waals surface area contributed by atoms with E-state index in [1.54, 1.807) is 13.0 Å². The predicted octanol–water partition coefficient (Wildman–Crippen LogP) is 4.01. The van der Waals surface area contributed by atoms with E-state index in [-0.39, 0.29) is 28.4 Å². The van der Waals surface area contributed by atoms with Gasteiger partial charge in [-0.15, -0.1) is 0 Å². The Kier molecular flexibility index (Phi) is 6.51. The van der Waals surface area contributed by atoms with Crippen LogP contribution in [0, 0.1) is 21.4 Å². The number of rotatable bonds is 6. The van der Waals surface area contributed by atoms with Crippen LogP contribution in [0.4, 0.5) is 11.4 Å². The molecular weight excluding hydrogens is 418 g/mol. The van der Waals surface area contributed by atoms with Gasteiger partial charge in [-0.1, -0.05) is 22.0 Å². The molecule has 0 aliphatic rings. The Morgan fingerprint density at radius 2 is 2.19 bits per heavy atom. The molecule has 8 nitrogen and oxygen atoms in total. The molecular formula is C18H14BrN3O5. The number of benzene rings is 2. The lowest BCUT2D eigenvalue weighted by atomic mass is 10.1. The van der Waals surface area contributed by atoms with Gasteiger partial charge in [-0.2, -0.15) is 5.26 Å². The van der Waals surface area contributed by atoms with Crippen LogP contribution in [0.25, 0.3) is 6.08 Å². The molecule has 0 bridgehead atoms. The van der Waals surface area contributed by atoms with Gasteiger partial charge in [0.25, 0.3) is 11.6 Å². The molecule has 2 rings (SSSR count). The Bertz CT molecular complexity index is 966. The monoisotopic (exact) mass is 431 g/mol. The van der Waals surface area contributed by atoms with Crippen LogP contribution in [0.2, 0.25) is 0 Å². The van der Waals surface area contributed by atoms with E-state index in [1.807, 2.05) is 0 Å². The Hall–Kier alpha value is -3.38. The molecule has 2 aromatic carbocycles. The number of nitro benzene ring substituents is 1. The van der Waals surface area contributed by atoms with Crippen molar-refractivity contribution in [3.8, 4) is 17.6 Å². The zero-order valence-electron chi connectivity index (χ0n) is 14.1. The first kappa shape index (κ1) is 19.9. The molecule has 0 fully saturated rings. The lowest BCUT2D eigenvalue weighted by Gasteiger charge is -2.09. The molecule has 1 amide bonds. The average Bonchev–Trinajstić information content (AvgIpc) is 2.63. The first-order valence-corrected chi connectivity index (χ1v) is 8.48. The summed E-state index contributed by atoms with van der Waals surface area (Å²) in [5, 5.41) is 32.4. The molecule has 0 aromatic heterocycles. The van der Waals surface area contributed by atoms with Crippen molar-refractivity contribution in [2.45, 2.75) is 6.92 Å². The summed E-state index contributed by atoms with van der Waals surface area (Å²) in [5.74, 6) is -0.598. The molecule has 0 aliphatic heterocycles. The van der Waals surface area contributed by atoms with E-state index in [0.717, 1.165) is 0 Å². The molecule has 0 heterocycles. The number of nitriles is 1. The highest BCUT2D eigenvalue weighted by Gasteiger charge is 2.14. The van der Waals surface area contributed by atoms with Crippen LogP contribution in [0.15, 0.2) is 46.4 Å². The zero-order chi connectivity index (χ0) is 20.0. The van der Waals surface area contributed by atoms with Crippen molar-refractivity contribution in [2.75, 3.05) is 11.9 Å². The maximum atomic E-state index is 12.4. The minimum atomic E-state index is -0.726. The number of halogens is 1. The van der Waals surface area contributed by atoms with Crippen LogP contribution in [-0.2, 0) is 4.79 Å². The number of ether oxygens (including phenoxy) is 1. The van der Waals surface area contributed by atoms with Gasteiger partial charge in [0.2, 0.25) is 0 Å². The highest BCUT2D eigenvalue weighted by Crippen LogP contribution is 2.33. The maximum absolute atomic E-state index is 12.4. The van der Waals surface area contributed by atoms with E-state index in [0.29, 0.717) is 16.6 Å². The van der Waals surface area contributed by atoms with Crippen LogP contribution in [0.5, 0.6) is 11.5 Å². The number of nitrogens with zero attached hydrogens (tertiary/aromatic N) is 2. The fourth-order valence-electron chi connectivity index (χ4n) is 2.14. The molecule has 0 atom stereocenters. The fourth-order valence-corrected chi connectivity index (χ4v) is 2.59. The normalized spacial score (nSPS) is 10.8. The SMILES string of the molecule is CCOc1cc(/C=C(\C#N)C(=O)Nc2cccc([N+](=O)[O-])c2)c(Br)cc1O. The maximum Gasteiger partial charge on any atom is 0.271 e. The highest BCUT2D eigenvalue weighted by molar-refractivity contribution is 9.10. The van der Waals surface area contributed by atoms with Gasteiger partial charge < -0.3 is 15.2 Å². The largest absolute Gasteiger partial charge is 0.504 e.